The standard InChI is InChI=1S/C12H21NO3/c1-3-5-6-10(4-2)9-13-7-8-16-11(13)12(14)15/h10H,3-9H2,1-2H3. The number of carboxylic acid groups (broad SMARTS) is 1. The summed E-state index contributed by atoms with van der Waals surface area (Å²) in [4.78, 5) is 10.8. The summed E-state index contributed by atoms with van der Waals surface area (Å²) in [6.07, 6.45) is 4.62. The molecule has 0 saturated carbocycles. The van der Waals surface area contributed by atoms with Gasteiger partial charge in [0, 0.05) is 5.92 Å². The summed E-state index contributed by atoms with van der Waals surface area (Å²) in [5, 5.41) is 10.8. The van der Waals surface area contributed by atoms with Crippen LogP contribution in [-0.2, 0) is 9.53 Å². The summed E-state index contributed by atoms with van der Waals surface area (Å²) >= 11 is 0. The summed E-state index contributed by atoms with van der Waals surface area (Å²) in [7, 11) is 0. The van der Waals surface area contributed by atoms with E-state index in [1.165, 1.54) is 12.8 Å². The topological polar surface area (TPSA) is 52.4 Å². The number of carboxylic acids is 1. The molecule has 0 spiro atoms. The molecular formula is C12H21NO3. The van der Waals surface area contributed by atoms with E-state index in [0.29, 0.717) is 19.1 Å². The number of carbonyl (C=O) groups excluding carboxylic acids is 1. The summed E-state index contributed by atoms with van der Waals surface area (Å²) in [6, 6.07) is 0. The first-order chi connectivity index (χ1) is 7.69. The Morgan fingerprint density at radius 3 is 2.88 bits per heavy atom. The molecule has 0 N–H and O–H groups in total. The van der Waals surface area contributed by atoms with E-state index >= 15 is 0 Å². The predicted molar refractivity (Wildman–Crippen MR) is 59.3 cm³/mol. The number of rotatable bonds is 7. The third-order valence-corrected chi connectivity index (χ3v) is 3.08. The lowest BCUT2D eigenvalue weighted by Crippen LogP contribution is -2.37. The Balaban J connectivity index is 2.56. The Bertz CT molecular complexity index is 273. The van der Waals surface area contributed by atoms with Crippen LogP contribution in [0.5, 0.6) is 0 Å². The minimum Gasteiger partial charge on any atom is -0.537 e. The second-order valence-electron chi connectivity index (χ2n) is 4.30. The molecule has 0 radical (unpaired) electrons. The van der Waals surface area contributed by atoms with E-state index in [9.17, 15) is 9.90 Å². The third-order valence-electron chi connectivity index (χ3n) is 3.08. The highest BCUT2D eigenvalue weighted by Gasteiger charge is 2.27. The lowest BCUT2D eigenvalue weighted by molar-refractivity contribution is -0.527. The average molecular weight is 227 g/mol. The molecule has 1 unspecified atom stereocenters. The smallest absolute Gasteiger partial charge is 0.386 e. The molecule has 0 amide bonds. The van der Waals surface area contributed by atoms with Gasteiger partial charge in [-0.15, -0.1) is 0 Å². The summed E-state index contributed by atoms with van der Waals surface area (Å²) in [5.74, 6) is -0.617. The molecule has 4 nitrogen and oxygen atoms in total. The normalized spacial score (nSPS) is 17.4. The molecule has 4 heteroatoms. The molecule has 92 valence electrons. The van der Waals surface area contributed by atoms with Gasteiger partial charge in [0.2, 0.25) is 0 Å². The number of nitrogens with zero attached hydrogens (tertiary/aromatic N) is 1. The predicted octanol–water partition coefficient (Wildman–Crippen LogP) is 0.394. The van der Waals surface area contributed by atoms with Gasteiger partial charge < -0.3 is 14.6 Å². The summed E-state index contributed by atoms with van der Waals surface area (Å²) < 4.78 is 6.86. The van der Waals surface area contributed by atoms with Crippen LogP contribution < -0.4 is 5.11 Å². The Labute approximate surface area is 96.9 Å². The van der Waals surface area contributed by atoms with E-state index in [0.717, 1.165) is 19.4 Å². The van der Waals surface area contributed by atoms with Crippen molar-refractivity contribution < 1.29 is 19.2 Å². The van der Waals surface area contributed by atoms with E-state index in [1.54, 1.807) is 4.58 Å². The summed E-state index contributed by atoms with van der Waals surface area (Å²) in [5.41, 5.74) is 0. The number of unbranched alkanes of at least 4 members (excludes halogenated alkanes) is 1. The third kappa shape index (κ3) is 3.51. The van der Waals surface area contributed by atoms with E-state index in [2.05, 4.69) is 13.8 Å². The molecule has 1 atom stereocenters. The lowest BCUT2D eigenvalue weighted by Gasteiger charge is -2.11. The zero-order chi connectivity index (χ0) is 12.0. The van der Waals surface area contributed by atoms with E-state index in [1.807, 2.05) is 0 Å². The molecular weight excluding hydrogens is 206 g/mol. The molecule has 0 aromatic heterocycles. The van der Waals surface area contributed by atoms with Crippen LogP contribution in [0.3, 0.4) is 0 Å². The Kier molecular flexibility index (Phi) is 5.29. The van der Waals surface area contributed by atoms with Gasteiger partial charge in [-0.25, -0.2) is 0 Å². The van der Waals surface area contributed by atoms with Crippen molar-refractivity contribution in [1.29, 1.82) is 0 Å². The summed E-state index contributed by atoms with van der Waals surface area (Å²) in [6.45, 7) is 6.24. The number of carbonyl (C=O) groups is 1. The fourth-order valence-corrected chi connectivity index (χ4v) is 2.04. The van der Waals surface area contributed by atoms with Crippen LogP contribution >= 0.6 is 0 Å². The van der Waals surface area contributed by atoms with Crippen LogP contribution in [0, 0.1) is 5.92 Å². The highest BCUT2D eigenvalue weighted by Crippen LogP contribution is 2.13. The van der Waals surface area contributed by atoms with E-state index < -0.39 is 5.97 Å². The molecule has 1 aliphatic rings. The van der Waals surface area contributed by atoms with E-state index in [-0.39, 0.29) is 5.90 Å². The molecule has 0 bridgehead atoms. The number of hydrogen-bond donors (Lipinski definition) is 0. The van der Waals surface area contributed by atoms with Crippen molar-refractivity contribution in [1.82, 2.24) is 0 Å². The fraction of sp³-hybridized carbons (Fsp3) is 0.833. The van der Waals surface area contributed by atoms with Crippen LogP contribution in [-0.4, -0.2) is 36.1 Å². The molecule has 0 aromatic rings. The van der Waals surface area contributed by atoms with Gasteiger partial charge in [-0.05, 0) is 12.8 Å². The zero-order valence-corrected chi connectivity index (χ0v) is 10.2. The molecule has 1 rings (SSSR count). The SMILES string of the molecule is CCCCC(CC)C[N+]1=C(C(=O)[O-])OCC1. The van der Waals surface area contributed by atoms with Gasteiger partial charge in [-0.1, -0.05) is 26.7 Å². The van der Waals surface area contributed by atoms with Crippen LogP contribution in [0.15, 0.2) is 0 Å². The van der Waals surface area contributed by atoms with Crippen LogP contribution in [0.2, 0.25) is 0 Å². The van der Waals surface area contributed by atoms with Crippen molar-refractivity contribution in [3.63, 3.8) is 0 Å². The maximum absolute atomic E-state index is 10.8. The van der Waals surface area contributed by atoms with Gasteiger partial charge in [0.1, 0.15) is 6.54 Å². The molecule has 0 aromatic carbocycles. The first kappa shape index (κ1) is 13.0. The molecule has 1 heterocycles. The van der Waals surface area contributed by atoms with Crippen molar-refractivity contribution in [2.24, 2.45) is 5.92 Å². The van der Waals surface area contributed by atoms with Crippen molar-refractivity contribution in [2.75, 3.05) is 19.7 Å². The second-order valence-corrected chi connectivity index (χ2v) is 4.30. The van der Waals surface area contributed by atoms with Crippen LogP contribution in [0.25, 0.3) is 0 Å². The minimum atomic E-state index is -1.19. The quantitative estimate of drug-likeness (QED) is 0.591. The highest BCUT2D eigenvalue weighted by molar-refractivity contribution is 6.28. The van der Waals surface area contributed by atoms with Gasteiger partial charge in [-0.2, -0.15) is 4.58 Å². The molecule has 0 aliphatic carbocycles. The zero-order valence-electron chi connectivity index (χ0n) is 10.2. The maximum Gasteiger partial charge on any atom is 0.386 e. The number of aliphatic carboxylic acids is 1. The largest absolute Gasteiger partial charge is 0.537 e. The van der Waals surface area contributed by atoms with Crippen LogP contribution in [0.4, 0.5) is 0 Å². The van der Waals surface area contributed by atoms with Gasteiger partial charge in [-0.3, -0.25) is 0 Å². The van der Waals surface area contributed by atoms with Crippen molar-refractivity contribution in [2.45, 2.75) is 39.5 Å². The highest BCUT2D eigenvalue weighted by atomic mass is 16.5. The first-order valence-electron chi connectivity index (χ1n) is 6.15. The lowest BCUT2D eigenvalue weighted by atomic mass is 9.99. The van der Waals surface area contributed by atoms with Crippen molar-refractivity contribution in [3.05, 3.63) is 0 Å². The van der Waals surface area contributed by atoms with Gasteiger partial charge >= 0.3 is 5.90 Å². The number of hydrogen-bond acceptors (Lipinski definition) is 3. The Morgan fingerprint density at radius 1 is 1.56 bits per heavy atom. The van der Waals surface area contributed by atoms with Gasteiger partial charge in [0.05, 0.1) is 0 Å². The van der Waals surface area contributed by atoms with Crippen molar-refractivity contribution in [3.8, 4) is 0 Å². The molecule has 0 saturated heterocycles. The molecule has 16 heavy (non-hydrogen) atoms. The maximum atomic E-state index is 10.8. The molecule has 1 aliphatic heterocycles. The van der Waals surface area contributed by atoms with Crippen molar-refractivity contribution >= 4 is 11.9 Å². The van der Waals surface area contributed by atoms with Gasteiger partial charge in [0.25, 0.3) is 0 Å². The first-order valence-corrected chi connectivity index (χ1v) is 6.15. The average Bonchev–Trinajstić information content (AvgIpc) is 2.72. The number of ether oxygens (including phenoxy) is 1. The minimum absolute atomic E-state index is 0.0231. The Hall–Kier alpha value is -1.06. The monoisotopic (exact) mass is 227 g/mol. The fourth-order valence-electron chi connectivity index (χ4n) is 2.04. The van der Waals surface area contributed by atoms with Crippen LogP contribution in [0.1, 0.15) is 39.5 Å². The van der Waals surface area contributed by atoms with Gasteiger partial charge in [0.15, 0.2) is 19.1 Å². The Morgan fingerprint density at radius 2 is 2.31 bits per heavy atom. The second kappa shape index (κ2) is 6.51. The molecule has 0 fully saturated rings. The van der Waals surface area contributed by atoms with E-state index in [4.69, 9.17) is 4.74 Å².